The first-order valence-electron chi connectivity index (χ1n) is 7.61. The Bertz CT molecular complexity index is 969. The first kappa shape index (κ1) is 17.4. The number of hydrogen-bond donors (Lipinski definition) is 1. The molecule has 130 valence electrons. The number of carbonyl (C=O) groups excluding carboxylic acids is 1. The van der Waals surface area contributed by atoms with E-state index in [2.05, 4.69) is 9.93 Å². The van der Waals surface area contributed by atoms with Gasteiger partial charge in [0, 0.05) is 17.1 Å². The Morgan fingerprint density at radius 3 is 2.48 bits per heavy atom. The zero-order valence-electron chi connectivity index (χ0n) is 13.7. The largest absolute Gasteiger partial charge is 0.307 e. The van der Waals surface area contributed by atoms with Crippen molar-refractivity contribution in [3.05, 3.63) is 58.6 Å². The molecule has 1 heterocycles. The van der Waals surface area contributed by atoms with Crippen molar-refractivity contribution in [3.8, 4) is 0 Å². The quantitative estimate of drug-likeness (QED) is 0.832. The molecule has 25 heavy (non-hydrogen) atoms. The predicted octanol–water partition coefficient (Wildman–Crippen LogP) is 2.70. The van der Waals surface area contributed by atoms with E-state index in [1.165, 1.54) is 17.0 Å². The first-order valence-corrected chi connectivity index (χ1v) is 9.47. The fraction of sp³-hybridized carbons (Fsp3) is 0.176. The third-order valence-corrected chi connectivity index (χ3v) is 5.34. The lowest BCUT2D eigenvalue weighted by molar-refractivity contribution is -0.112. The van der Waals surface area contributed by atoms with Gasteiger partial charge in [0.2, 0.25) is 0 Å². The average molecular weight is 378 g/mol. The van der Waals surface area contributed by atoms with Gasteiger partial charge in [-0.05, 0) is 44.2 Å². The molecule has 0 aromatic heterocycles. The van der Waals surface area contributed by atoms with Crippen LogP contribution in [0.2, 0.25) is 5.02 Å². The van der Waals surface area contributed by atoms with Crippen molar-refractivity contribution in [1.82, 2.24) is 4.83 Å². The molecule has 0 atom stereocenters. The van der Waals surface area contributed by atoms with Gasteiger partial charge in [0.05, 0.1) is 10.6 Å². The van der Waals surface area contributed by atoms with Crippen LogP contribution in [0.5, 0.6) is 0 Å². The highest BCUT2D eigenvalue weighted by Crippen LogP contribution is 2.31. The van der Waals surface area contributed by atoms with E-state index < -0.39 is 10.0 Å². The molecule has 3 rings (SSSR count). The van der Waals surface area contributed by atoms with Crippen LogP contribution in [-0.2, 0) is 14.8 Å². The van der Waals surface area contributed by atoms with Crippen molar-refractivity contribution < 1.29 is 13.2 Å². The van der Waals surface area contributed by atoms with Crippen LogP contribution in [0.4, 0.5) is 5.69 Å². The number of hydrogen-bond acceptors (Lipinski definition) is 4. The number of benzene rings is 2. The molecule has 0 bridgehead atoms. The number of fused-ring (bicyclic) bond motifs is 1. The van der Waals surface area contributed by atoms with E-state index in [1.807, 2.05) is 13.8 Å². The number of nitrogens with zero attached hydrogens (tertiary/aromatic N) is 2. The number of amides is 1. The Kier molecular flexibility index (Phi) is 4.53. The van der Waals surface area contributed by atoms with Crippen molar-refractivity contribution in [2.45, 2.75) is 18.7 Å². The Labute approximate surface area is 151 Å². The summed E-state index contributed by atoms with van der Waals surface area (Å²) in [5, 5.41) is 4.33. The van der Waals surface area contributed by atoms with Crippen molar-refractivity contribution in [2.75, 3.05) is 11.4 Å². The summed E-state index contributed by atoms with van der Waals surface area (Å²) in [7, 11) is -3.87. The van der Waals surface area contributed by atoms with E-state index in [1.54, 1.807) is 30.3 Å². The van der Waals surface area contributed by atoms with Crippen molar-refractivity contribution >= 4 is 38.9 Å². The average Bonchev–Trinajstić information content (AvgIpc) is 2.83. The second kappa shape index (κ2) is 6.50. The minimum Gasteiger partial charge on any atom is -0.307 e. The number of halogens is 1. The number of anilines is 1. The van der Waals surface area contributed by atoms with E-state index in [0.29, 0.717) is 22.8 Å². The van der Waals surface area contributed by atoms with Crippen LogP contribution in [0.15, 0.2) is 52.5 Å². The second-order valence-corrected chi connectivity index (χ2v) is 7.68. The van der Waals surface area contributed by atoms with Crippen LogP contribution in [0, 0.1) is 6.92 Å². The number of likely N-dealkylation sites (N-methyl/N-ethyl adjacent to an activating group) is 1. The molecular weight excluding hydrogens is 362 g/mol. The van der Waals surface area contributed by atoms with Gasteiger partial charge in [0.25, 0.3) is 15.9 Å². The monoisotopic (exact) mass is 377 g/mol. The number of hydrazone groups is 1. The highest BCUT2D eigenvalue weighted by molar-refractivity contribution is 7.89. The van der Waals surface area contributed by atoms with E-state index in [9.17, 15) is 13.2 Å². The molecule has 6 nitrogen and oxygen atoms in total. The van der Waals surface area contributed by atoms with Crippen molar-refractivity contribution in [2.24, 2.45) is 5.10 Å². The maximum atomic E-state index is 12.5. The molecule has 2 aromatic rings. The highest BCUT2D eigenvalue weighted by Gasteiger charge is 2.33. The van der Waals surface area contributed by atoms with Crippen LogP contribution in [0.3, 0.4) is 0 Å². The normalized spacial score (nSPS) is 15.6. The molecule has 1 aliphatic heterocycles. The minimum atomic E-state index is -3.87. The van der Waals surface area contributed by atoms with Gasteiger partial charge in [-0.3, -0.25) is 4.79 Å². The third kappa shape index (κ3) is 3.25. The lowest BCUT2D eigenvalue weighted by Crippen LogP contribution is -2.31. The zero-order chi connectivity index (χ0) is 18.2. The maximum absolute atomic E-state index is 12.5. The van der Waals surface area contributed by atoms with Gasteiger partial charge < -0.3 is 4.90 Å². The summed E-state index contributed by atoms with van der Waals surface area (Å²) >= 11 is 6.00. The predicted molar refractivity (Wildman–Crippen MR) is 97.5 cm³/mol. The van der Waals surface area contributed by atoms with Gasteiger partial charge in [0.15, 0.2) is 5.71 Å². The lowest BCUT2D eigenvalue weighted by Gasteiger charge is -2.13. The number of rotatable bonds is 4. The number of aryl methyl sites for hydroxylation is 1. The zero-order valence-corrected chi connectivity index (χ0v) is 15.2. The number of sulfonamides is 1. The Hall–Kier alpha value is -2.38. The summed E-state index contributed by atoms with van der Waals surface area (Å²) in [6.45, 7) is 4.13. The van der Waals surface area contributed by atoms with Crippen LogP contribution >= 0.6 is 11.6 Å². The minimum absolute atomic E-state index is 0.0232. The Morgan fingerprint density at radius 1 is 1.16 bits per heavy atom. The van der Waals surface area contributed by atoms with Gasteiger partial charge >= 0.3 is 0 Å². The molecule has 0 saturated carbocycles. The summed E-state index contributed by atoms with van der Waals surface area (Å²) < 4.78 is 24.7. The van der Waals surface area contributed by atoms with Gasteiger partial charge in [-0.2, -0.15) is 18.4 Å². The Morgan fingerprint density at radius 2 is 1.84 bits per heavy atom. The summed E-state index contributed by atoms with van der Waals surface area (Å²) in [6, 6.07) is 11.3. The summed E-state index contributed by atoms with van der Waals surface area (Å²) in [5.41, 5.74) is 2.13. The first-order chi connectivity index (χ1) is 11.8. The lowest BCUT2D eigenvalue weighted by atomic mass is 10.1. The molecule has 0 unspecified atom stereocenters. The second-order valence-electron chi connectivity index (χ2n) is 5.58. The van der Waals surface area contributed by atoms with Crippen LogP contribution in [0.1, 0.15) is 18.1 Å². The molecular formula is C17H16ClN3O3S. The van der Waals surface area contributed by atoms with Crippen LogP contribution in [-0.4, -0.2) is 26.6 Å². The summed E-state index contributed by atoms with van der Waals surface area (Å²) in [6.07, 6.45) is 0. The standard InChI is InChI=1S/C17H16ClN3O3S/c1-3-21-15-9-6-12(18)10-14(15)16(17(21)22)19-20-25(23,24)13-7-4-11(2)5-8-13/h4-10,20H,3H2,1-2H3. The molecule has 1 aliphatic rings. The van der Waals surface area contributed by atoms with Crippen LogP contribution in [0.25, 0.3) is 0 Å². The molecule has 0 aliphatic carbocycles. The Balaban J connectivity index is 1.97. The molecule has 8 heteroatoms. The SMILES string of the molecule is CCN1C(=O)C(=NNS(=O)(=O)c2ccc(C)cc2)c2cc(Cl)ccc21. The van der Waals surface area contributed by atoms with Gasteiger partial charge in [-0.15, -0.1) is 0 Å². The van der Waals surface area contributed by atoms with E-state index >= 15 is 0 Å². The molecule has 0 saturated heterocycles. The molecule has 0 radical (unpaired) electrons. The smallest absolute Gasteiger partial charge is 0.279 e. The van der Waals surface area contributed by atoms with Gasteiger partial charge in [0.1, 0.15) is 0 Å². The summed E-state index contributed by atoms with van der Waals surface area (Å²) in [5.74, 6) is -0.369. The molecule has 0 spiro atoms. The van der Waals surface area contributed by atoms with Crippen molar-refractivity contribution in [1.29, 1.82) is 0 Å². The summed E-state index contributed by atoms with van der Waals surface area (Å²) in [4.78, 5) is 16.3. The fourth-order valence-corrected chi connectivity index (χ4v) is 3.57. The highest BCUT2D eigenvalue weighted by atomic mass is 35.5. The number of nitrogens with one attached hydrogen (secondary N) is 1. The molecule has 1 N–H and O–H groups in total. The molecule has 0 fully saturated rings. The number of carbonyl (C=O) groups is 1. The van der Waals surface area contributed by atoms with Crippen molar-refractivity contribution in [3.63, 3.8) is 0 Å². The maximum Gasteiger partial charge on any atom is 0.279 e. The fourth-order valence-electron chi connectivity index (χ4n) is 2.58. The van der Waals surface area contributed by atoms with Crippen LogP contribution < -0.4 is 9.73 Å². The third-order valence-electron chi connectivity index (χ3n) is 3.88. The molecule has 1 amide bonds. The topological polar surface area (TPSA) is 78.8 Å². The molecule has 2 aromatic carbocycles. The van der Waals surface area contributed by atoms with E-state index in [-0.39, 0.29) is 16.5 Å². The van der Waals surface area contributed by atoms with E-state index in [0.717, 1.165) is 5.56 Å². The van der Waals surface area contributed by atoms with Gasteiger partial charge in [-0.25, -0.2) is 0 Å². The van der Waals surface area contributed by atoms with E-state index in [4.69, 9.17) is 11.6 Å². The van der Waals surface area contributed by atoms with Gasteiger partial charge in [-0.1, -0.05) is 29.3 Å².